The minimum Gasteiger partial charge on any atom is -0.506 e. The van der Waals surface area contributed by atoms with Crippen molar-refractivity contribution in [3.63, 3.8) is 0 Å². The molecule has 0 bridgehead atoms. The summed E-state index contributed by atoms with van der Waals surface area (Å²) in [5.74, 6) is 0.146. The van der Waals surface area contributed by atoms with Gasteiger partial charge in [0, 0.05) is 17.5 Å². The summed E-state index contributed by atoms with van der Waals surface area (Å²) in [6.45, 7) is 0. The molecule has 2 aromatic carbocycles. The Hall–Kier alpha value is -0.220. The number of aromatic hydroxyl groups is 1. The topological polar surface area (TPSA) is 29.5 Å². The monoisotopic (exact) mass is 418 g/mol. The van der Waals surface area contributed by atoms with E-state index in [1.165, 1.54) is 19.2 Å². The van der Waals surface area contributed by atoms with Crippen LogP contribution in [0, 0.1) is 0 Å². The van der Waals surface area contributed by atoms with Crippen LogP contribution in [0.5, 0.6) is 11.5 Å². The zero-order chi connectivity index (χ0) is 16.6. The molecule has 2 rings (SSSR count). The van der Waals surface area contributed by atoms with Crippen LogP contribution < -0.4 is 4.74 Å². The molecule has 0 radical (unpaired) electrons. The van der Waals surface area contributed by atoms with Gasteiger partial charge < -0.3 is 9.84 Å². The lowest BCUT2D eigenvalue weighted by Gasteiger charge is -2.16. The van der Waals surface area contributed by atoms with Crippen molar-refractivity contribution in [2.75, 3.05) is 7.11 Å². The molecule has 0 heterocycles. The molecule has 2 nitrogen and oxygen atoms in total. The maximum absolute atomic E-state index is 10.1. The van der Waals surface area contributed by atoms with Gasteiger partial charge in [-0.25, -0.2) is 0 Å². The number of phenolic OH excluding ortho intramolecular Hbond substituents is 1. The molecular weight excluding hydrogens is 413 g/mol. The van der Waals surface area contributed by atoms with Gasteiger partial charge in [-0.2, -0.15) is 0 Å². The Bertz CT molecular complexity index is 719. The van der Waals surface area contributed by atoms with Crippen LogP contribution in [-0.2, 0) is 6.42 Å². The molecule has 2 aromatic rings. The van der Waals surface area contributed by atoms with Crippen molar-refractivity contribution in [3.05, 3.63) is 53.4 Å². The summed E-state index contributed by atoms with van der Waals surface area (Å²) in [4.78, 5) is 0. The number of halogens is 6. The molecule has 0 aliphatic heterocycles. The third-order valence-electron chi connectivity index (χ3n) is 3.02. The second-order valence-electron chi connectivity index (χ2n) is 4.32. The Morgan fingerprint density at radius 1 is 0.818 bits per heavy atom. The molecule has 0 spiro atoms. The van der Waals surface area contributed by atoms with E-state index in [1.54, 1.807) is 0 Å². The zero-order valence-electron chi connectivity index (χ0n) is 11.0. The molecule has 8 heteroatoms. The number of benzene rings is 2. The van der Waals surface area contributed by atoms with Crippen molar-refractivity contribution in [2.45, 2.75) is 6.42 Å². The average molecular weight is 421 g/mol. The van der Waals surface area contributed by atoms with Crippen LogP contribution in [0.1, 0.15) is 11.1 Å². The fraction of sp³-hybridized carbons (Fsp3) is 0.143. The van der Waals surface area contributed by atoms with E-state index >= 15 is 0 Å². The van der Waals surface area contributed by atoms with Gasteiger partial charge in [0.1, 0.15) is 11.5 Å². The smallest absolute Gasteiger partial charge is 0.142 e. The standard InChI is InChI=1S/C14H8Cl6O2/c1-22-14-6(12(20)8(16)4-10(14)18)2-5-11(19)7(15)3-9(17)13(5)21/h3-4,21H,2H2,1H3. The van der Waals surface area contributed by atoms with Gasteiger partial charge in [-0.1, -0.05) is 69.6 Å². The second kappa shape index (κ2) is 7.12. The molecular formula is C14H8Cl6O2. The quantitative estimate of drug-likeness (QED) is 0.546. The molecule has 0 saturated heterocycles. The molecule has 0 aliphatic carbocycles. The van der Waals surface area contributed by atoms with Gasteiger partial charge in [-0.15, -0.1) is 0 Å². The minimum absolute atomic E-state index is 0.0765. The Labute approximate surface area is 157 Å². The van der Waals surface area contributed by atoms with Crippen LogP contribution in [0.15, 0.2) is 12.1 Å². The number of ether oxygens (including phenoxy) is 1. The van der Waals surface area contributed by atoms with Gasteiger partial charge in [-0.3, -0.25) is 0 Å². The highest BCUT2D eigenvalue weighted by Gasteiger charge is 2.21. The van der Waals surface area contributed by atoms with Gasteiger partial charge in [0.05, 0.1) is 37.2 Å². The van der Waals surface area contributed by atoms with Gasteiger partial charge in [0.2, 0.25) is 0 Å². The number of methoxy groups -OCH3 is 1. The number of hydrogen-bond donors (Lipinski definition) is 1. The largest absolute Gasteiger partial charge is 0.506 e. The highest BCUT2D eigenvalue weighted by Crippen LogP contribution is 2.44. The highest BCUT2D eigenvalue weighted by molar-refractivity contribution is 6.45. The highest BCUT2D eigenvalue weighted by atomic mass is 35.5. The van der Waals surface area contributed by atoms with Crippen LogP contribution in [0.2, 0.25) is 30.1 Å². The molecule has 1 N–H and O–H groups in total. The fourth-order valence-electron chi connectivity index (χ4n) is 1.98. The molecule has 22 heavy (non-hydrogen) atoms. The molecule has 0 fully saturated rings. The molecule has 0 amide bonds. The Morgan fingerprint density at radius 2 is 1.32 bits per heavy atom. The van der Waals surface area contributed by atoms with E-state index in [0.717, 1.165) is 0 Å². The van der Waals surface area contributed by atoms with Crippen LogP contribution in [0.25, 0.3) is 0 Å². The SMILES string of the molecule is COc1c(Cl)cc(Cl)c(Cl)c1Cc1c(O)c(Cl)cc(Cl)c1Cl. The van der Waals surface area contributed by atoms with Crippen LogP contribution >= 0.6 is 69.6 Å². The predicted molar refractivity (Wildman–Crippen MR) is 94.0 cm³/mol. The summed E-state index contributed by atoms with van der Waals surface area (Å²) >= 11 is 36.4. The van der Waals surface area contributed by atoms with E-state index in [2.05, 4.69) is 0 Å². The van der Waals surface area contributed by atoms with Crippen LogP contribution in [0.3, 0.4) is 0 Å². The van der Waals surface area contributed by atoms with Crippen molar-refractivity contribution in [3.8, 4) is 11.5 Å². The van der Waals surface area contributed by atoms with E-state index in [4.69, 9.17) is 74.3 Å². The lowest BCUT2D eigenvalue weighted by molar-refractivity contribution is 0.410. The Balaban J connectivity index is 2.67. The van der Waals surface area contributed by atoms with Crippen molar-refractivity contribution in [1.82, 2.24) is 0 Å². The molecule has 118 valence electrons. The third kappa shape index (κ3) is 3.33. The van der Waals surface area contributed by atoms with E-state index in [0.29, 0.717) is 16.9 Å². The van der Waals surface area contributed by atoms with Crippen molar-refractivity contribution in [2.24, 2.45) is 0 Å². The first kappa shape index (κ1) is 18.1. The Morgan fingerprint density at radius 3 is 1.86 bits per heavy atom. The summed E-state index contributed by atoms with van der Waals surface area (Å²) in [6.07, 6.45) is 0.0905. The first-order valence-electron chi connectivity index (χ1n) is 5.83. The maximum atomic E-state index is 10.1. The average Bonchev–Trinajstić information content (AvgIpc) is 2.46. The third-order valence-corrected chi connectivity index (χ3v) is 5.24. The molecule has 0 aliphatic rings. The molecule has 0 atom stereocenters. The lowest BCUT2D eigenvalue weighted by atomic mass is 10.0. The van der Waals surface area contributed by atoms with Gasteiger partial charge in [-0.05, 0) is 12.1 Å². The van der Waals surface area contributed by atoms with Crippen molar-refractivity contribution >= 4 is 69.6 Å². The maximum Gasteiger partial charge on any atom is 0.142 e. The number of hydrogen-bond acceptors (Lipinski definition) is 2. The molecule has 0 unspecified atom stereocenters. The van der Waals surface area contributed by atoms with E-state index < -0.39 is 0 Å². The predicted octanol–water partition coefficient (Wildman–Crippen LogP) is 6.91. The summed E-state index contributed by atoms with van der Waals surface area (Å²) in [6, 6.07) is 2.83. The normalized spacial score (nSPS) is 10.9. The first-order valence-corrected chi connectivity index (χ1v) is 8.10. The minimum atomic E-state index is -0.190. The second-order valence-corrected chi connectivity index (χ2v) is 6.71. The van der Waals surface area contributed by atoms with Crippen molar-refractivity contribution in [1.29, 1.82) is 0 Å². The summed E-state index contributed by atoms with van der Waals surface area (Å²) in [7, 11) is 1.45. The van der Waals surface area contributed by atoms with Gasteiger partial charge in [0.15, 0.2) is 0 Å². The fourth-order valence-corrected chi connectivity index (χ4v) is 3.48. The van der Waals surface area contributed by atoms with Gasteiger partial charge >= 0.3 is 0 Å². The Kier molecular flexibility index (Phi) is 5.87. The lowest BCUT2D eigenvalue weighted by Crippen LogP contribution is -1.98. The van der Waals surface area contributed by atoms with Crippen LogP contribution in [0.4, 0.5) is 0 Å². The van der Waals surface area contributed by atoms with Crippen molar-refractivity contribution < 1.29 is 9.84 Å². The summed E-state index contributed by atoms with van der Waals surface area (Å²) in [5.41, 5.74) is 0.773. The number of phenols is 1. The summed E-state index contributed by atoms with van der Waals surface area (Å²) < 4.78 is 5.26. The van der Waals surface area contributed by atoms with E-state index in [1.807, 2.05) is 0 Å². The molecule has 0 saturated carbocycles. The zero-order valence-corrected chi connectivity index (χ0v) is 15.5. The first-order chi connectivity index (χ1) is 10.3. The van der Waals surface area contributed by atoms with E-state index in [9.17, 15) is 5.11 Å². The number of rotatable bonds is 3. The summed E-state index contributed by atoms with van der Waals surface area (Å²) in [5, 5.41) is 11.4. The van der Waals surface area contributed by atoms with E-state index in [-0.39, 0.29) is 42.3 Å². The molecule has 0 aromatic heterocycles. The van der Waals surface area contributed by atoms with Crippen LogP contribution in [-0.4, -0.2) is 12.2 Å². The van der Waals surface area contributed by atoms with Gasteiger partial charge in [0.25, 0.3) is 0 Å².